The molecule has 3 nitrogen and oxygen atoms in total. The summed E-state index contributed by atoms with van der Waals surface area (Å²) in [4.78, 5) is 2.74. The van der Waals surface area contributed by atoms with Crippen LogP contribution in [0.1, 0.15) is 32.1 Å². The van der Waals surface area contributed by atoms with Gasteiger partial charge in [-0.05, 0) is 39.4 Å². The Bertz CT molecular complexity index is 412. The van der Waals surface area contributed by atoms with Gasteiger partial charge in [0, 0.05) is 22.3 Å². The van der Waals surface area contributed by atoms with Crippen molar-refractivity contribution in [3.63, 3.8) is 0 Å². The molecule has 108 valence electrons. The maximum Gasteiger partial charge on any atom is 0.143 e. The number of β-amino-alcohol motifs (C(OH)–C–C–N with tert-alkyl or cyclic N) is 1. The Labute approximate surface area is 123 Å². The van der Waals surface area contributed by atoms with E-state index in [9.17, 15) is 5.11 Å². The first-order valence-electron chi connectivity index (χ1n) is 6.75. The normalized spacial score (nSPS) is 17.1. The molecule has 0 aromatic carbocycles. The first-order chi connectivity index (χ1) is 8.96. The maximum atomic E-state index is 9.92. The number of fused-ring (bicyclic) bond motifs is 1. The highest BCUT2D eigenvalue weighted by molar-refractivity contribution is 7.99. The number of aliphatic hydroxyl groups is 1. The van der Waals surface area contributed by atoms with Crippen molar-refractivity contribution in [2.24, 2.45) is 0 Å². The second-order valence-corrected chi connectivity index (χ2v) is 7.97. The van der Waals surface area contributed by atoms with Crippen LogP contribution < -0.4 is 10.1 Å². The third kappa shape index (κ3) is 4.67. The molecule has 0 saturated carbocycles. The summed E-state index contributed by atoms with van der Waals surface area (Å²) < 4.78 is 5.77. The lowest BCUT2D eigenvalue weighted by molar-refractivity contribution is 0.0989. The van der Waals surface area contributed by atoms with Crippen LogP contribution in [0.3, 0.4) is 0 Å². The Morgan fingerprint density at radius 1 is 1.47 bits per heavy atom. The van der Waals surface area contributed by atoms with Gasteiger partial charge in [-0.1, -0.05) is 0 Å². The van der Waals surface area contributed by atoms with E-state index < -0.39 is 6.10 Å². The monoisotopic (exact) mass is 301 g/mol. The van der Waals surface area contributed by atoms with E-state index in [1.54, 1.807) is 11.3 Å². The zero-order chi connectivity index (χ0) is 13.9. The number of nitrogens with one attached hydrogen (secondary N) is 1. The minimum Gasteiger partial charge on any atom is -0.489 e. The molecule has 5 heteroatoms. The van der Waals surface area contributed by atoms with Crippen LogP contribution in [0.5, 0.6) is 5.75 Å². The molecule has 0 radical (unpaired) electrons. The van der Waals surface area contributed by atoms with Crippen LogP contribution in [0.4, 0.5) is 0 Å². The van der Waals surface area contributed by atoms with Gasteiger partial charge < -0.3 is 15.2 Å². The van der Waals surface area contributed by atoms with Gasteiger partial charge in [0.1, 0.15) is 18.5 Å². The van der Waals surface area contributed by atoms with Crippen LogP contribution in [-0.2, 0) is 6.42 Å². The molecule has 0 spiro atoms. The molecule has 1 aromatic rings. The number of aryl methyl sites for hydroxylation is 1. The van der Waals surface area contributed by atoms with Gasteiger partial charge >= 0.3 is 0 Å². The van der Waals surface area contributed by atoms with Gasteiger partial charge in [0.2, 0.25) is 0 Å². The van der Waals surface area contributed by atoms with E-state index in [2.05, 4.69) is 31.5 Å². The SMILES string of the molecule is CC(C)(C)NCC(O)COc1csc2c1SCCC2. The van der Waals surface area contributed by atoms with Crippen LogP contribution in [0, 0.1) is 0 Å². The van der Waals surface area contributed by atoms with Crippen LogP contribution in [0.2, 0.25) is 0 Å². The van der Waals surface area contributed by atoms with Gasteiger partial charge in [-0.25, -0.2) is 0 Å². The Kier molecular flexibility index (Phi) is 5.17. The van der Waals surface area contributed by atoms with E-state index in [1.165, 1.54) is 28.4 Å². The second-order valence-electron chi connectivity index (χ2n) is 5.90. The summed E-state index contributed by atoms with van der Waals surface area (Å²) in [5.41, 5.74) is 0.0262. The molecule has 2 heterocycles. The average molecular weight is 301 g/mol. The molecule has 19 heavy (non-hydrogen) atoms. The fourth-order valence-electron chi connectivity index (χ4n) is 1.87. The Morgan fingerprint density at radius 2 is 2.26 bits per heavy atom. The van der Waals surface area contributed by atoms with Crippen LogP contribution in [-0.4, -0.2) is 35.7 Å². The topological polar surface area (TPSA) is 41.5 Å². The van der Waals surface area contributed by atoms with Crippen LogP contribution in [0.25, 0.3) is 0 Å². The van der Waals surface area contributed by atoms with Crippen molar-refractivity contribution >= 4 is 23.1 Å². The number of ether oxygens (including phenoxy) is 1. The van der Waals surface area contributed by atoms with Gasteiger partial charge in [0.15, 0.2) is 0 Å². The van der Waals surface area contributed by atoms with E-state index in [4.69, 9.17) is 4.74 Å². The third-order valence-electron chi connectivity index (χ3n) is 2.88. The third-order valence-corrected chi connectivity index (χ3v) is 5.26. The number of thiophene rings is 1. The van der Waals surface area contributed by atoms with E-state index in [1.807, 2.05) is 11.8 Å². The van der Waals surface area contributed by atoms with E-state index >= 15 is 0 Å². The molecule has 0 fully saturated rings. The minimum atomic E-state index is -0.469. The lowest BCUT2D eigenvalue weighted by atomic mass is 10.1. The van der Waals surface area contributed by atoms with E-state index in [0.717, 1.165) is 5.75 Å². The first kappa shape index (κ1) is 15.2. The largest absolute Gasteiger partial charge is 0.489 e. The van der Waals surface area contributed by atoms with E-state index in [-0.39, 0.29) is 5.54 Å². The van der Waals surface area contributed by atoms with Crippen molar-refractivity contribution in [1.29, 1.82) is 0 Å². The molecule has 0 amide bonds. The van der Waals surface area contributed by atoms with Gasteiger partial charge in [-0.15, -0.1) is 23.1 Å². The molecule has 2 rings (SSSR count). The molecule has 0 saturated heterocycles. The molecule has 0 aliphatic carbocycles. The number of rotatable bonds is 5. The van der Waals surface area contributed by atoms with Crippen molar-refractivity contribution in [2.75, 3.05) is 18.9 Å². The van der Waals surface area contributed by atoms with Gasteiger partial charge in [0.05, 0.1) is 4.90 Å². The molecule has 2 N–H and O–H groups in total. The zero-order valence-corrected chi connectivity index (χ0v) is 13.5. The molecule has 1 atom stereocenters. The molecule has 1 aliphatic rings. The average Bonchev–Trinajstić information content (AvgIpc) is 2.76. The Hall–Kier alpha value is -0.230. The first-order valence-corrected chi connectivity index (χ1v) is 8.61. The number of hydrogen-bond donors (Lipinski definition) is 2. The predicted octanol–water partition coefficient (Wildman–Crippen LogP) is 2.91. The Morgan fingerprint density at radius 3 is 3.00 bits per heavy atom. The molecule has 1 aliphatic heterocycles. The standard InChI is InChI=1S/C14H23NO2S2/c1-14(2,3)15-7-10(16)8-17-11-9-19-12-5-4-6-18-13(11)12/h9-10,15-16H,4-8H2,1-3H3. The maximum absolute atomic E-state index is 9.92. The van der Waals surface area contributed by atoms with Gasteiger partial charge in [-0.2, -0.15) is 0 Å². The summed E-state index contributed by atoms with van der Waals surface area (Å²) in [5.74, 6) is 2.13. The summed E-state index contributed by atoms with van der Waals surface area (Å²) in [7, 11) is 0. The van der Waals surface area contributed by atoms with Gasteiger partial charge in [-0.3, -0.25) is 0 Å². The van der Waals surface area contributed by atoms with Crippen LogP contribution >= 0.6 is 23.1 Å². The zero-order valence-electron chi connectivity index (χ0n) is 11.9. The fraction of sp³-hybridized carbons (Fsp3) is 0.714. The minimum absolute atomic E-state index is 0.0262. The fourth-order valence-corrected chi connectivity index (χ4v) is 4.19. The summed E-state index contributed by atoms with van der Waals surface area (Å²) in [6.07, 6.45) is 1.96. The smallest absolute Gasteiger partial charge is 0.143 e. The lowest BCUT2D eigenvalue weighted by Crippen LogP contribution is -2.42. The summed E-state index contributed by atoms with van der Waals surface area (Å²) >= 11 is 3.66. The lowest BCUT2D eigenvalue weighted by Gasteiger charge is -2.23. The van der Waals surface area contributed by atoms with Gasteiger partial charge in [0.25, 0.3) is 0 Å². The molecular weight excluding hydrogens is 278 g/mol. The summed E-state index contributed by atoms with van der Waals surface area (Å²) in [5, 5.41) is 15.3. The quantitative estimate of drug-likeness (QED) is 0.877. The number of aliphatic hydroxyl groups excluding tert-OH is 1. The van der Waals surface area contributed by atoms with Crippen molar-refractivity contribution in [1.82, 2.24) is 5.32 Å². The predicted molar refractivity (Wildman–Crippen MR) is 82.6 cm³/mol. The summed E-state index contributed by atoms with van der Waals surface area (Å²) in [6, 6.07) is 0. The van der Waals surface area contributed by atoms with Crippen molar-refractivity contribution in [2.45, 2.75) is 50.2 Å². The molecule has 1 unspecified atom stereocenters. The van der Waals surface area contributed by atoms with Crippen LogP contribution in [0.15, 0.2) is 10.3 Å². The highest BCUT2D eigenvalue weighted by atomic mass is 32.2. The Balaban J connectivity index is 1.80. The number of thioether (sulfide) groups is 1. The highest BCUT2D eigenvalue weighted by Gasteiger charge is 2.18. The molecule has 1 aromatic heterocycles. The second kappa shape index (κ2) is 6.48. The summed E-state index contributed by atoms with van der Waals surface area (Å²) in [6.45, 7) is 7.18. The van der Waals surface area contributed by atoms with Crippen molar-refractivity contribution < 1.29 is 9.84 Å². The van der Waals surface area contributed by atoms with Crippen molar-refractivity contribution in [3.05, 3.63) is 10.3 Å². The molecular formula is C14H23NO2S2. The molecule has 0 bridgehead atoms. The number of hydrogen-bond acceptors (Lipinski definition) is 5. The highest BCUT2D eigenvalue weighted by Crippen LogP contribution is 2.42. The van der Waals surface area contributed by atoms with E-state index in [0.29, 0.717) is 13.2 Å². The van der Waals surface area contributed by atoms with Crippen molar-refractivity contribution in [3.8, 4) is 5.75 Å².